The molecule has 0 aliphatic carbocycles. The van der Waals surface area contributed by atoms with Gasteiger partial charge in [0.1, 0.15) is 0 Å². The number of hydrogen-bond acceptors (Lipinski definition) is 1. The molecule has 0 saturated carbocycles. The smallest absolute Gasteiger partial charge is 0.377 e. The summed E-state index contributed by atoms with van der Waals surface area (Å²) in [5.74, 6) is 0. The highest BCUT2D eigenvalue weighted by Crippen LogP contribution is 2.37. The average molecular weight is 332 g/mol. The summed E-state index contributed by atoms with van der Waals surface area (Å²) in [4.78, 5) is 0. The number of hydrogen-bond donors (Lipinski definition) is 0. The van der Waals surface area contributed by atoms with Crippen molar-refractivity contribution in [2.45, 2.75) is 53.1 Å². The monoisotopic (exact) mass is 332 g/mol. The number of alkyl halides is 6. The van der Waals surface area contributed by atoms with Crippen LogP contribution in [0.5, 0.6) is 0 Å². The largest absolute Gasteiger partial charge is 0.416 e. The van der Waals surface area contributed by atoms with Gasteiger partial charge in [-0.15, -0.1) is 0 Å². The van der Waals surface area contributed by atoms with Crippen molar-refractivity contribution >= 4 is 0 Å². The second-order valence-corrected chi connectivity index (χ2v) is 3.72. The summed E-state index contributed by atoms with van der Waals surface area (Å²) < 4.78 is 79.7. The van der Waals surface area contributed by atoms with E-state index in [1.165, 1.54) is 14.0 Å². The molecule has 130 valence electrons. The quantitative estimate of drug-likeness (QED) is 0.563. The van der Waals surface area contributed by atoms with Crippen molar-refractivity contribution in [2.75, 3.05) is 7.11 Å². The molecular weight excluding hydrogens is 310 g/mol. The fourth-order valence-corrected chi connectivity index (χ4v) is 1.35. The van der Waals surface area contributed by atoms with Gasteiger partial charge >= 0.3 is 12.4 Å². The van der Waals surface area contributed by atoms with E-state index in [1.54, 1.807) is 0 Å². The van der Waals surface area contributed by atoms with Crippen LogP contribution in [0.15, 0.2) is 18.2 Å². The second kappa shape index (κ2) is 9.71. The number of methoxy groups -OCH3 is 1. The maximum absolute atomic E-state index is 12.5. The molecule has 1 aromatic carbocycles. The normalized spacial score (nSPS) is 12.5. The summed E-state index contributed by atoms with van der Waals surface area (Å²) in [6.07, 6.45) is -10.5. The fourth-order valence-electron chi connectivity index (χ4n) is 1.35. The molecule has 1 nitrogen and oxygen atoms in total. The van der Waals surface area contributed by atoms with Crippen molar-refractivity contribution in [3.05, 3.63) is 34.9 Å². The Balaban J connectivity index is 0. The molecule has 0 heterocycles. The molecule has 0 spiro atoms. The van der Waals surface area contributed by atoms with Crippen molar-refractivity contribution in [1.29, 1.82) is 0 Å². The molecule has 0 aliphatic rings. The van der Waals surface area contributed by atoms with E-state index >= 15 is 0 Å². The van der Waals surface area contributed by atoms with Gasteiger partial charge in [-0.3, -0.25) is 0 Å². The Morgan fingerprint density at radius 2 is 1.09 bits per heavy atom. The lowest BCUT2D eigenvalue weighted by atomic mass is 10.0. The Labute approximate surface area is 127 Å². The molecule has 0 aliphatic heterocycles. The van der Waals surface area contributed by atoms with Gasteiger partial charge in [0.2, 0.25) is 0 Å². The minimum Gasteiger partial charge on any atom is -0.377 e. The first-order valence-electron chi connectivity index (χ1n) is 6.88. The summed E-state index contributed by atoms with van der Waals surface area (Å²) in [5, 5.41) is 0. The zero-order valence-corrected chi connectivity index (χ0v) is 13.5. The molecule has 22 heavy (non-hydrogen) atoms. The summed E-state index contributed by atoms with van der Waals surface area (Å²) >= 11 is 0. The van der Waals surface area contributed by atoms with Crippen LogP contribution in [-0.4, -0.2) is 7.11 Å². The lowest BCUT2D eigenvalue weighted by molar-refractivity contribution is -0.143. The first-order valence-corrected chi connectivity index (χ1v) is 6.88. The van der Waals surface area contributed by atoms with Crippen LogP contribution in [0.1, 0.15) is 57.4 Å². The molecule has 1 rings (SSSR count). The summed E-state index contributed by atoms with van der Waals surface area (Å²) in [6, 6.07) is 1.40. The number of rotatable bonds is 2. The molecule has 0 fully saturated rings. The highest BCUT2D eigenvalue weighted by atomic mass is 19.4. The third kappa shape index (κ3) is 7.15. The minimum atomic E-state index is -4.83. The lowest BCUT2D eigenvalue weighted by Crippen LogP contribution is -2.12. The first-order chi connectivity index (χ1) is 10.1. The zero-order valence-electron chi connectivity index (χ0n) is 13.5. The van der Waals surface area contributed by atoms with Crippen LogP contribution in [0.25, 0.3) is 0 Å². The van der Waals surface area contributed by atoms with Gasteiger partial charge in [-0.05, 0) is 30.7 Å². The standard InChI is InChI=1S/C11H10F6O.2C2H6/c1-6(18-2)7-3-8(10(12,13)14)5-9(4-7)11(15,16)17;2*1-2/h3-6H,1-2H3;2*1-2H3. The van der Waals surface area contributed by atoms with Crippen LogP contribution in [0, 0.1) is 0 Å². The van der Waals surface area contributed by atoms with E-state index in [0.29, 0.717) is 12.1 Å². The molecule has 1 atom stereocenters. The molecule has 1 aromatic rings. The van der Waals surface area contributed by atoms with E-state index in [2.05, 4.69) is 0 Å². The van der Waals surface area contributed by atoms with E-state index in [9.17, 15) is 26.3 Å². The molecule has 0 N–H and O–H groups in total. The maximum atomic E-state index is 12.5. The van der Waals surface area contributed by atoms with Gasteiger partial charge in [0, 0.05) is 7.11 Å². The van der Waals surface area contributed by atoms with Crippen molar-refractivity contribution in [2.24, 2.45) is 0 Å². The molecule has 0 aromatic heterocycles. The number of benzene rings is 1. The van der Waals surface area contributed by atoms with Crippen LogP contribution < -0.4 is 0 Å². The highest BCUT2D eigenvalue weighted by molar-refractivity contribution is 5.34. The topological polar surface area (TPSA) is 9.23 Å². The van der Waals surface area contributed by atoms with Crippen molar-refractivity contribution in [3.8, 4) is 0 Å². The molecule has 0 bridgehead atoms. The molecule has 0 amide bonds. The minimum absolute atomic E-state index is 0.0892. The Morgan fingerprint density at radius 3 is 1.32 bits per heavy atom. The van der Waals surface area contributed by atoms with Gasteiger partial charge in [0.15, 0.2) is 0 Å². The SMILES string of the molecule is CC.CC.COC(C)c1cc(C(F)(F)F)cc(C(F)(F)F)c1. The van der Waals surface area contributed by atoms with Gasteiger partial charge in [-0.25, -0.2) is 0 Å². The lowest BCUT2D eigenvalue weighted by Gasteiger charge is -2.17. The molecule has 0 saturated heterocycles. The van der Waals surface area contributed by atoms with Gasteiger partial charge in [0.25, 0.3) is 0 Å². The molecule has 1 unspecified atom stereocenters. The van der Waals surface area contributed by atoms with E-state index in [0.717, 1.165) is 0 Å². The summed E-state index contributed by atoms with van der Waals surface area (Å²) in [7, 11) is 1.21. The zero-order chi connectivity index (χ0) is 18.1. The van der Waals surface area contributed by atoms with Crippen molar-refractivity contribution in [3.63, 3.8) is 0 Å². The van der Waals surface area contributed by atoms with Crippen LogP contribution >= 0.6 is 0 Å². The van der Waals surface area contributed by atoms with Gasteiger partial charge in [-0.2, -0.15) is 26.3 Å². The Kier molecular flexibility index (Phi) is 10.2. The van der Waals surface area contributed by atoms with E-state index in [1.807, 2.05) is 27.7 Å². The molecular formula is C15H22F6O. The van der Waals surface area contributed by atoms with E-state index in [-0.39, 0.29) is 11.6 Å². The van der Waals surface area contributed by atoms with Gasteiger partial charge < -0.3 is 4.74 Å². The van der Waals surface area contributed by atoms with Gasteiger partial charge in [-0.1, -0.05) is 27.7 Å². The predicted molar refractivity (Wildman–Crippen MR) is 74.6 cm³/mol. The third-order valence-electron chi connectivity index (χ3n) is 2.43. The number of ether oxygens (including phenoxy) is 1. The predicted octanol–water partition coefficient (Wildman–Crippen LogP) is 6.48. The van der Waals surface area contributed by atoms with Crippen LogP contribution in [0.4, 0.5) is 26.3 Å². The Hall–Kier alpha value is -1.24. The fraction of sp³-hybridized carbons (Fsp3) is 0.600. The number of halogens is 6. The van der Waals surface area contributed by atoms with Crippen LogP contribution in [0.2, 0.25) is 0 Å². The Bertz CT molecular complexity index is 391. The second-order valence-electron chi connectivity index (χ2n) is 3.72. The third-order valence-corrected chi connectivity index (χ3v) is 2.43. The molecule has 7 heteroatoms. The molecule has 0 radical (unpaired) electrons. The Morgan fingerprint density at radius 1 is 0.773 bits per heavy atom. The maximum Gasteiger partial charge on any atom is 0.416 e. The van der Waals surface area contributed by atoms with E-state index in [4.69, 9.17) is 4.74 Å². The first kappa shape index (κ1) is 23.0. The van der Waals surface area contributed by atoms with Crippen LogP contribution in [-0.2, 0) is 17.1 Å². The average Bonchev–Trinajstić information content (AvgIpc) is 2.48. The van der Waals surface area contributed by atoms with Crippen LogP contribution in [0.3, 0.4) is 0 Å². The van der Waals surface area contributed by atoms with Gasteiger partial charge in [0.05, 0.1) is 17.2 Å². The van der Waals surface area contributed by atoms with E-state index < -0.39 is 29.6 Å². The summed E-state index contributed by atoms with van der Waals surface area (Å²) in [5.41, 5.74) is -2.84. The van der Waals surface area contributed by atoms with Crippen molar-refractivity contribution in [1.82, 2.24) is 0 Å². The summed E-state index contributed by atoms with van der Waals surface area (Å²) in [6.45, 7) is 9.37. The van der Waals surface area contributed by atoms with Crippen molar-refractivity contribution < 1.29 is 31.1 Å². The highest BCUT2D eigenvalue weighted by Gasteiger charge is 2.37.